The highest BCUT2D eigenvalue weighted by Gasteiger charge is 2.25. The summed E-state index contributed by atoms with van der Waals surface area (Å²) < 4.78 is 0. The Morgan fingerprint density at radius 3 is 2.72 bits per heavy atom. The molecule has 2 rings (SSSR count). The van der Waals surface area contributed by atoms with Crippen molar-refractivity contribution >= 4 is 5.91 Å². The Kier molecular flexibility index (Phi) is 5.45. The van der Waals surface area contributed by atoms with Gasteiger partial charge in [-0.3, -0.25) is 9.69 Å². The minimum absolute atomic E-state index is 0.326. The van der Waals surface area contributed by atoms with Crippen LogP contribution in [0.15, 0.2) is 0 Å². The minimum Gasteiger partial charge on any atom is -0.340 e. The molecule has 1 heterocycles. The van der Waals surface area contributed by atoms with E-state index in [2.05, 4.69) is 17.1 Å². The monoisotopic (exact) mass is 253 g/mol. The molecule has 1 saturated carbocycles. The van der Waals surface area contributed by atoms with Crippen molar-refractivity contribution in [2.24, 2.45) is 0 Å². The average Bonchev–Trinajstić information content (AvgIpc) is 2.77. The minimum atomic E-state index is 0.326. The van der Waals surface area contributed by atoms with E-state index in [9.17, 15) is 4.79 Å². The maximum absolute atomic E-state index is 12.3. The van der Waals surface area contributed by atoms with Crippen LogP contribution in [0, 0.1) is 0 Å². The average molecular weight is 253 g/mol. The van der Waals surface area contributed by atoms with Crippen molar-refractivity contribution in [2.45, 2.75) is 45.1 Å². The maximum atomic E-state index is 12.3. The van der Waals surface area contributed by atoms with Gasteiger partial charge in [0.05, 0.1) is 6.54 Å². The standard InChI is InChI=1S/C14H27N3O/c1-2-16(13-6-3-4-7-13)12-14(18)17-10-5-8-15-9-11-17/h13,15H,2-12H2,1H3. The summed E-state index contributed by atoms with van der Waals surface area (Å²) in [4.78, 5) is 16.8. The first-order valence-corrected chi connectivity index (χ1v) is 7.54. The van der Waals surface area contributed by atoms with E-state index in [1.807, 2.05) is 4.90 Å². The summed E-state index contributed by atoms with van der Waals surface area (Å²) in [5, 5.41) is 3.35. The molecule has 18 heavy (non-hydrogen) atoms. The SMILES string of the molecule is CCN(CC(=O)N1CCCNCC1)C1CCCC1. The fraction of sp³-hybridized carbons (Fsp3) is 0.929. The first-order chi connectivity index (χ1) is 8.81. The van der Waals surface area contributed by atoms with Crippen LogP contribution >= 0.6 is 0 Å². The highest BCUT2D eigenvalue weighted by molar-refractivity contribution is 5.78. The zero-order valence-electron chi connectivity index (χ0n) is 11.7. The van der Waals surface area contributed by atoms with Gasteiger partial charge in [-0.15, -0.1) is 0 Å². The molecule has 0 aromatic heterocycles. The van der Waals surface area contributed by atoms with E-state index in [1.165, 1.54) is 25.7 Å². The Labute approximate surface area is 111 Å². The van der Waals surface area contributed by atoms with Crippen LogP contribution in [0.25, 0.3) is 0 Å². The fourth-order valence-corrected chi connectivity index (χ4v) is 3.14. The molecule has 4 nitrogen and oxygen atoms in total. The number of carbonyl (C=O) groups is 1. The van der Waals surface area contributed by atoms with Gasteiger partial charge in [-0.2, -0.15) is 0 Å². The first kappa shape index (κ1) is 13.8. The van der Waals surface area contributed by atoms with E-state index < -0.39 is 0 Å². The number of hydrogen-bond donors (Lipinski definition) is 1. The van der Waals surface area contributed by atoms with Gasteiger partial charge in [-0.1, -0.05) is 19.8 Å². The summed E-state index contributed by atoms with van der Waals surface area (Å²) >= 11 is 0. The third-order valence-corrected chi connectivity index (χ3v) is 4.28. The van der Waals surface area contributed by atoms with Gasteiger partial charge in [-0.25, -0.2) is 0 Å². The number of likely N-dealkylation sites (N-methyl/N-ethyl adjacent to an activating group) is 1. The Hall–Kier alpha value is -0.610. The molecule has 2 fully saturated rings. The highest BCUT2D eigenvalue weighted by Crippen LogP contribution is 2.23. The predicted octanol–water partition coefficient (Wildman–Crippen LogP) is 1.07. The quantitative estimate of drug-likeness (QED) is 0.814. The number of rotatable bonds is 4. The largest absolute Gasteiger partial charge is 0.340 e. The lowest BCUT2D eigenvalue weighted by Crippen LogP contribution is -2.44. The molecule has 0 spiro atoms. The second-order valence-corrected chi connectivity index (χ2v) is 5.49. The number of nitrogens with zero attached hydrogens (tertiary/aromatic N) is 2. The maximum Gasteiger partial charge on any atom is 0.236 e. The molecular formula is C14H27N3O. The summed E-state index contributed by atoms with van der Waals surface area (Å²) in [6.45, 7) is 7.60. The normalized spacial score (nSPS) is 22.4. The second kappa shape index (κ2) is 7.10. The number of nitrogens with one attached hydrogen (secondary N) is 1. The van der Waals surface area contributed by atoms with E-state index in [0.717, 1.165) is 39.1 Å². The number of amides is 1. The number of carbonyl (C=O) groups excluding carboxylic acids is 1. The Morgan fingerprint density at radius 1 is 1.22 bits per heavy atom. The van der Waals surface area contributed by atoms with Gasteiger partial charge in [0.2, 0.25) is 5.91 Å². The van der Waals surface area contributed by atoms with Gasteiger partial charge in [-0.05, 0) is 32.4 Å². The van der Waals surface area contributed by atoms with Gasteiger partial charge < -0.3 is 10.2 Å². The summed E-state index contributed by atoms with van der Waals surface area (Å²) in [5.74, 6) is 0.326. The third-order valence-electron chi connectivity index (χ3n) is 4.28. The van der Waals surface area contributed by atoms with Gasteiger partial charge in [0, 0.05) is 25.7 Å². The molecule has 1 saturated heterocycles. The van der Waals surface area contributed by atoms with E-state index in [0.29, 0.717) is 18.5 Å². The lowest BCUT2D eigenvalue weighted by Gasteiger charge is -2.29. The lowest BCUT2D eigenvalue weighted by molar-refractivity contribution is -0.132. The zero-order chi connectivity index (χ0) is 12.8. The third kappa shape index (κ3) is 3.69. The summed E-state index contributed by atoms with van der Waals surface area (Å²) in [6.07, 6.45) is 6.32. The Bertz CT molecular complexity index is 256. The topological polar surface area (TPSA) is 35.6 Å². The lowest BCUT2D eigenvalue weighted by atomic mass is 10.2. The molecule has 2 aliphatic rings. The molecule has 0 unspecified atom stereocenters. The van der Waals surface area contributed by atoms with Gasteiger partial charge in [0.1, 0.15) is 0 Å². The smallest absolute Gasteiger partial charge is 0.236 e. The predicted molar refractivity (Wildman–Crippen MR) is 73.6 cm³/mol. The van der Waals surface area contributed by atoms with Crippen LogP contribution in [0.4, 0.5) is 0 Å². The molecule has 1 N–H and O–H groups in total. The van der Waals surface area contributed by atoms with Gasteiger partial charge in [0.25, 0.3) is 0 Å². The van der Waals surface area contributed by atoms with Crippen LogP contribution in [0.5, 0.6) is 0 Å². The Morgan fingerprint density at radius 2 is 2.00 bits per heavy atom. The number of hydrogen-bond acceptors (Lipinski definition) is 3. The van der Waals surface area contributed by atoms with Crippen LogP contribution in [-0.4, -0.2) is 61.0 Å². The van der Waals surface area contributed by atoms with Crippen molar-refractivity contribution in [3.05, 3.63) is 0 Å². The molecule has 1 aliphatic carbocycles. The van der Waals surface area contributed by atoms with Crippen molar-refractivity contribution in [3.63, 3.8) is 0 Å². The highest BCUT2D eigenvalue weighted by atomic mass is 16.2. The van der Waals surface area contributed by atoms with E-state index >= 15 is 0 Å². The molecule has 104 valence electrons. The van der Waals surface area contributed by atoms with E-state index in [-0.39, 0.29) is 0 Å². The molecule has 1 amide bonds. The summed E-state index contributed by atoms with van der Waals surface area (Å²) in [6, 6.07) is 0.657. The molecule has 1 aliphatic heterocycles. The van der Waals surface area contributed by atoms with Crippen LogP contribution in [-0.2, 0) is 4.79 Å². The molecule has 4 heteroatoms. The molecule has 0 aromatic rings. The van der Waals surface area contributed by atoms with Crippen molar-refractivity contribution < 1.29 is 4.79 Å². The Balaban J connectivity index is 1.83. The van der Waals surface area contributed by atoms with E-state index in [4.69, 9.17) is 0 Å². The molecule has 0 radical (unpaired) electrons. The van der Waals surface area contributed by atoms with Crippen molar-refractivity contribution in [1.82, 2.24) is 15.1 Å². The first-order valence-electron chi connectivity index (χ1n) is 7.54. The van der Waals surface area contributed by atoms with Gasteiger partial charge >= 0.3 is 0 Å². The van der Waals surface area contributed by atoms with Crippen LogP contribution in [0.3, 0.4) is 0 Å². The van der Waals surface area contributed by atoms with Crippen LogP contribution in [0.1, 0.15) is 39.0 Å². The van der Waals surface area contributed by atoms with Crippen LogP contribution < -0.4 is 5.32 Å². The molecular weight excluding hydrogens is 226 g/mol. The second-order valence-electron chi connectivity index (χ2n) is 5.49. The molecule has 0 atom stereocenters. The van der Waals surface area contributed by atoms with E-state index in [1.54, 1.807) is 0 Å². The molecule has 0 aromatic carbocycles. The fourth-order valence-electron chi connectivity index (χ4n) is 3.14. The zero-order valence-corrected chi connectivity index (χ0v) is 11.7. The van der Waals surface area contributed by atoms with Crippen LogP contribution in [0.2, 0.25) is 0 Å². The molecule has 0 bridgehead atoms. The van der Waals surface area contributed by atoms with Crippen molar-refractivity contribution in [1.29, 1.82) is 0 Å². The van der Waals surface area contributed by atoms with Crippen molar-refractivity contribution in [3.8, 4) is 0 Å². The summed E-state index contributed by atoms with van der Waals surface area (Å²) in [7, 11) is 0. The summed E-state index contributed by atoms with van der Waals surface area (Å²) in [5.41, 5.74) is 0. The van der Waals surface area contributed by atoms with Crippen molar-refractivity contribution in [2.75, 3.05) is 39.3 Å². The van der Waals surface area contributed by atoms with Gasteiger partial charge in [0.15, 0.2) is 0 Å².